The van der Waals surface area contributed by atoms with Gasteiger partial charge in [0.15, 0.2) is 6.10 Å². The minimum absolute atomic E-state index is 0.0680. The predicted molar refractivity (Wildman–Crippen MR) is 86.3 cm³/mol. The van der Waals surface area contributed by atoms with Crippen LogP contribution in [0.5, 0.6) is 0 Å². The number of fused-ring (bicyclic) bond motifs is 1. The number of nitrogens with one attached hydrogen (secondary N) is 1. The van der Waals surface area contributed by atoms with E-state index in [1.807, 2.05) is 31.2 Å². The van der Waals surface area contributed by atoms with Crippen LogP contribution in [0.1, 0.15) is 17.4 Å². The Hall–Kier alpha value is -2.86. The van der Waals surface area contributed by atoms with Gasteiger partial charge in [-0.15, -0.1) is 0 Å². The Kier molecular flexibility index (Phi) is 3.54. The molecule has 3 N–H and O–H groups in total. The summed E-state index contributed by atoms with van der Waals surface area (Å²) in [7, 11) is 1.46. The fraction of sp³-hybridized carbons (Fsp3) is 0.176. The Morgan fingerprint density at radius 1 is 1.22 bits per heavy atom. The quantitative estimate of drug-likeness (QED) is 0.689. The Morgan fingerprint density at radius 2 is 1.87 bits per heavy atom. The van der Waals surface area contributed by atoms with Crippen molar-refractivity contribution in [2.24, 2.45) is 7.05 Å². The summed E-state index contributed by atoms with van der Waals surface area (Å²) in [6, 6.07) is 9.20. The van der Waals surface area contributed by atoms with Gasteiger partial charge in [-0.2, -0.15) is 0 Å². The van der Waals surface area contributed by atoms with E-state index < -0.39 is 12.1 Å². The van der Waals surface area contributed by atoms with Crippen molar-refractivity contribution in [1.82, 2.24) is 9.55 Å². The van der Waals surface area contributed by atoms with Gasteiger partial charge in [-0.05, 0) is 18.6 Å². The molecule has 1 unspecified atom stereocenters. The number of rotatable bonds is 3. The first-order chi connectivity index (χ1) is 10.9. The standard InChI is InChI=1S/C17H16N2O4/c1-9-3-5-10(6-4-9)12-11-7-8-18-13(11)16(21)19(2)14(12)15(20)17(22)23/h3-8,15,18,20H,1-2H3,(H,22,23). The van der Waals surface area contributed by atoms with Gasteiger partial charge in [0.1, 0.15) is 5.52 Å². The number of aromatic nitrogens is 2. The number of nitrogens with zero attached hydrogens (tertiary/aromatic N) is 1. The third kappa shape index (κ3) is 2.33. The Balaban J connectivity index is 2.46. The molecule has 118 valence electrons. The van der Waals surface area contributed by atoms with Crippen molar-refractivity contribution in [1.29, 1.82) is 0 Å². The van der Waals surface area contributed by atoms with Crippen molar-refractivity contribution in [2.45, 2.75) is 13.0 Å². The third-order valence-corrected chi connectivity index (χ3v) is 3.99. The number of hydrogen-bond donors (Lipinski definition) is 3. The van der Waals surface area contributed by atoms with Crippen LogP contribution in [-0.2, 0) is 11.8 Å². The smallest absolute Gasteiger partial charge is 0.338 e. The fourth-order valence-corrected chi connectivity index (χ4v) is 2.80. The van der Waals surface area contributed by atoms with Gasteiger partial charge in [0.25, 0.3) is 5.56 Å². The van der Waals surface area contributed by atoms with Crippen molar-refractivity contribution in [3.63, 3.8) is 0 Å². The van der Waals surface area contributed by atoms with E-state index in [1.54, 1.807) is 12.3 Å². The highest BCUT2D eigenvalue weighted by molar-refractivity contribution is 5.97. The molecule has 0 fully saturated rings. The first-order valence-corrected chi connectivity index (χ1v) is 7.09. The van der Waals surface area contributed by atoms with Gasteiger partial charge in [0.05, 0.1) is 5.69 Å². The lowest BCUT2D eigenvalue weighted by atomic mass is 9.96. The van der Waals surface area contributed by atoms with Gasteiger partial charge in [-0.3, -0.25) is 4.79 Å². The number of carboxylic acid groups (broad SMARTS) is 1. The van der Waals surface area contributed by atoms with Gasteiger partial charge in [0, 0.05) is 24.2 Å². The van der Waals surface area contributed by atoms with Crippen LogP contribution in [0.4, 0.5) is 0 Å². The first kappa shape index (κ1) is 15.1. The van der Waals surface area contributed by atoms with Crippen LogP contribution in [0.15, 0.2) is 41.3 Å². The SMILES string of the molecule is Cc1ccc(-c2c(C(O)C(=O)O)n(C)c(=O)c3[nH]ccc23)cc1. The maximum atomic E-state index is 12.4. The maximum Gasteiger partial charge on any atom is 0.338 e. The average molecular weight is 312 g/mol. The molecule has 6 heteroatoms. The maximum absolute atomic E-state index is 12.4. The van der Waals surface area contributed by atoms with Crippen LogP contribution in [0.3, 0.4) is 0 Å². The van der Waals surface area contributed by atoms with E-state index in [9.17, 15) is 19.8 Å². The summed E-state index contributed by atoms with van der Waals surface area (Å²) in [6.07, 6.45) is -0.163. The number of carboxylic acids is 1. The van der Waals surface area contributed by atoms with Crippen LogP contribution in [0, 0.1) is 6.92 Å². The molecule has 6 nitrogen and oxygen atoms in total. The monoisotopic (exact) mass is 312 g/mol. The molecule has 0 spiro atoms. The summed E-state index contributed by atoms with van der Waals surface area (Å²) in [5, 5.41) is 19.9. The molecule has 0 saturated heterocycles. The molecule has 1 aromatic carbocycles. The molecule has 3 aromatic rings. The van der Waals surface area contributed by atoms with Crippen molar-refractivity contribution < 1.29 is 15.0 Å². The number of benzene rings is 1. The number of aryl methyl sites for hydroxylation is 1. The third-order valence-electron chi connectivity index (χ3n) is 3.99. The van der Waals surface area contributed by atoms with Crippen molar-refractivity contribution in [3.8, 4) is 11.1 Å². The molecule has 0 aliphatic rings. The highest BCUT2D eigenvalue weighted by Crippen LogP contribution is 2.33. The highest BCUT2D eigenvalue weighted by Gasteiger charge is 2.26. The minimum Gasteiger partial charge on any atom is -0.479 e. The number of H-pyrrole nitrogens is 1. The molecule has 2 heterocycles. The molecular weight excluding hydrogens is 296 g/mol. The summed E-state index contributed by atoms with van der Waals surface area (Å²) in [5.41, 5.74) is 2.41. The van der Waals surface area contributed by atoms with E-state index in [-0.39, 0.29) is 11.3 Å². The number of aliphatic hydroxyl groups is 1. The summed E-state index contributed by atoms with van der Waals surface area (Å²) >= 11 is 0. The van der Waals surface area contributed by atoms with Crippen molar-refractivity contribution in [2.75, 3.05) is 0 Å². The number of aromatic amines is 1. The van der Waals surface area contributed by atoms with Gasteiger partial charge < -0.3 is 19.8 Å². The summed E-state index contributed by atoms with van der Waals surface area (Å²) in [5.74, 6) is -1.40. The number of carbonyl (C=O) groups is 1. The lowest BCUT2D eigenvalue weighted by molar-refractivity contribution is -0.147. The van der Waals surface area contributed by atoms with E-state index in [1.165, 1.54) is 11.6 Å². The van der Waals surface area contributed by atoms with Crippen LogP contribution in [-0.4, -0.2) is 25.7 Å². The van der Waals surface area contributed by atoms with Gasteiger partial charge >= 0.3 is 5.97 Å². The van der Waals surface area contributed by atoms with Crippen molar-refractivity contribution in [3.05, 3.63) is 58.1 Å². The molecule has 0 bridgehead atoms. The number of hydrogen-bond acceptors (Lipinski definition) is 3. The Bertz CT molecular complexity index is 951. The molecule has 3 rings (SSSR count). The van der Waals surface area contributed by atoms with E-state index in [2.05, 4.69) is 4.98 Å². The molecular formula is C17H16N2O4. The Labute approximate surface area is 131 Å². The second kappa shape index (κ2) is 5.40. The van der Waals surface area contributed by atoms with E-state index in [0.717, 1.165) is 11.1 Å². The molecule has 0 radical (unpaired) electrons. The molecule has 1 atom stereocenters. The molecule has 0 aliphatic carbocycles. The topological polar surface area (TPSA) is 95.3 Å². The van der Waals surface area contributed by atoms with Gasteiger partial charge in [0.2, 0.25) is 0 Å². The second-order valence-electron chi connectivity index (χ2n) is 5.50. The summed E-state index contributed by atoms with van der Waals surface area (Å²) < 4.78 is 1.19. The number of aliphatic carboxylic acids is 1. The lowest BCUT2D eigenvalue weighted by Crippen LogP contribution is -2.26. The molecule has 0 aliphatic heterocycles. The van der Waals surface area contributed by atoms with Crippen LogP contribution in [0.2, 0.25) is 0 Å². The fourth-order valence-electron chi connectivity index (χ4n) is 2.80. The number of aliphatic hydroxyl groups excluding tert-OH is 1. The minimum atomic E-state index is -1.79. The average Bonchev–Trinajstić information content (AvgIpc) is 3.00. The van der Waals surface area contributed by atoms with E-state index in [4.69, 9.17) is 0 Å². The molecule has 0 saturated carbocycles. The molecule has 0 amide bonds. The van der Waals surface area contributed by atoms with Crippen LogP contribution in [0.25, 0.3) is 22.0 Å². The first-order valence-electron chi connectivity index (χ1n) is 7.09. The summed E-state index contributed by atoms with van der Waals surface area (Å²) in [4.78, 5) is 26.6. The van der Waals surface area contributed by atoms with Gasteiger partial charge in [-0.25, -0.2) is 4.79 Å². The Morgan fingerprint density at radius 3 is 2.48 bits per heavy atom. The molecule has 23 heavy (non-hydrogen) atoms. The van der Waals surface area contributed by atoms with Crippen LogP contribution >= 0.6 is 0 Å². The zero-order valence-corrected chi connectivity index (χ0v) is 12.7. The second-order valence-corrected chi connectivity index (χ2v) is 5.50. The zero-order valence-electron chi connectivity index (χ0n) is 12.7. The normalized spacial score (nSPS) is 12.5. The van der Waals surface area contributed by atoms with Gasteiger partial charge in [-0.1, -0.05) is 29.8 Å². The van der Waals surface area contributed by atoms with E-state index in [0.29, 0.717) is 16.5 Å². The highest BCUT2D eigenvalue weighted by atomic mass is 16.4. The van der Waals surface area contributed by atoms with Crippen LogP contribution < -0.4 is 5.56 Å². The number of pyridine rings is 1. The summed E-state index contributed by atoms with van der Waals surface area (Å²) in [6.45, 7) is 1.95. The predicted octanol–water partition coefficient (Wildman–Crippen LogP) is 1.96. The lowest BCUT2D eigenvalue weighted by Gasteiger charge is -2.18. The molecule has 2 aromatic heterocycles. The zero-order chi connectivity index (χ0) is 16.7. The van der Waals surface area contributed by atoms with Crippen molar-refractivity contribution >= 4 is 16.9 Å². The van der Waals surface area contributed by atoms with E-state index >= 15 is 0 Å². The largest absolute Gasteiger partial charge is 0.479 e.